The molecule has 1 aromatic heterocycles. The van der Waals surface area contributed by atoms with Gasteiger partial charge in [0.15, 0.2) is 17.3 Å². The Labute approximate surface area is 149 Å². The van der Waals surface area contributed by atoms with E-state index in [9.17, 15) is 13.6 Å². The number of rotatable bonds is 5. The van der Waals surface area contributed by atoms with Crippen LogP contribution in [-0.2, 0) is 6.54 Å². The van der Waals surface area contributed by atoms with E-state index in [0.717, 1.165) is 0 Å². The van der Waals surface area contributed by atoms with Gasteiger partial charge in [-0.1, -0.05) is 6.07 Å². The van der Waals surface area contributed by atoms with Crippen molar-refractivity contribution >= 4 is 5.91 Å². The molecule has 0 aliphatic rings. The molecule has 4 nitrogen and oxygen atoms in total. The van der Waals surface area contributed by atoms with E-state index in [0.29, 0.717) is 16.9 Å². The summed E-state index contributed by atoms with van der Waals surface area (Å²) in [5.41, 5.74) is 1.30. The number of nitrogens with zero attached hydrogens (tertiary/aromatic N) is 1. The van der Waals surface area contributed by atoms with Gasteiger partial charge in [0.2, 0.25) is 0 Å². The largest absolute Gasteiger partial charge is 0.494 e. The molecule has 0 unspecified atom stereocenters. The van der Waals surface area contributed by atoms with Crippen molar-refractivity contribution in [3.05, 3.63) is 77.6 Å². The molecule has 0 saturated carbocycles. The zero-order valence-corrected chi connectivity index (χ0v) is 14.3. The van der Waals surface area contributed by atoms with Crippen molar-refractivity contribution in [3.8, 4) is 17.1 Å². The number of carbonyl (C=O) groups excluding carboxylic acids is 1. The van der Waals surface area contributed by atoms with Crippen molar-refractivity contribution in [2.24, 2.45) is 0 Å². The quantitative estimate of drug-likeness (QED) is 0.675. The molecule has 0 bridgehead atoms. The summed E-state index contributed by atoms with van der Waals surface area (Å²) in [7, 11) is 2.99. The lowest BCUT2D eigenvalue weighted by Crippen LogP contribution is -2.25. The Morgan fingerprint density at radius 1 is 1.08 bits per heavy atom. The number of benzene rings is 2. The maximum atomic E-state index is 13.8. The van der Waals surface area contributed by atoms with E-state index < -0.39 is 5.82 Å². The molecule has 0 N–H and O–H groups in total. The third kappa shape index (κ3) is 3.74. The highest BCUT2D eigenvalue weighted by Crippen LogP contribution is 2.24. The Kier molecular flexibility index (Phi) is 5.02. The van der Waals surface area contributed by atoms with Crippen LogP contribution in [0, 0.1) is 11.6 Å². The number of amides is 1. The molecular formula is C20H17F2NO3. The van der Waals surface area contributed by atoms with E-state index in [1.165, 1.54) is 36.3 Å². The minimum Gasteiger partial charge on any atom is -0.494 e. The number of carbonyl (C=O) groups is 1. The van der Waals surface area contributed by atoms with Crippen molar-refractivity contribution < 1.29 is 22.7 Å². The first-order chi connectivity index (χ1) is 12.5. The Balaban J connectivity index is 1.72. The molecule has 0 fully saturated rings. The van der Waals surface area contributed by atoms with Crippen molar-refractivity contribution in [1.29, 1.82) is 0 Å². The molecule has 3 rings (SSSR count). The third-order valence-corrected chi connectivity index (χ3v) is 3.93. The summed E-state index contributed by atoms with van der Waals surface area (Å²) < 4.78 is 37.2. The number of halogens is 2. The summed E-state index contributed by atoms with van der Waals surface area (Å²) in [6.07, 6.45) is 0. The van der Waals surface area contributed by atoms with Crippen molar-refractivity contribution in [2.45, 2.75) is 6.54 Å². The van der Waals surface area contributed by atoms with E-state index in [2.05, 4.69) is 0 Å². The average Bonchev–Trinajstić information content (AvgIpc) is 3.12. The predicted octanol–water partition coefficient (Wildman–Crippen LogP) is 4.51. The topological polar surface area (TPSA) is 42.7 Å². The smallest absolute Gasteiger partial charge is 0.289 e. The van der Waals surface area contributed by atoms with Crippen molar-refractivity contribution in [3.63, 3.8) is 0 Å². The Bertz CT molecular complexity index is 919. The number of methoxy groups -OCH3 is 1. The molecule has 6 heteroatoms. The van der Waals surface area contributed by atoms with Crippen LogP contribution in [0.5, 0.6) is 5.75 Å². The Hall–Kier alpha value is -3.15. The molecule has 1 amide bonds. The van der Waals surface area contributed by atoms with Crippen molar-refractivity contribution in [2.75, 3.05) is 14.2 Å². The summed E-state index contributed by atoms with van der Waals surface area (Å²) in [6, 6.07) is 13.6. The van der Waals surface area contributed by atoms with Crippen LogP contribution in [0.4, 0.5) is 8.78 Å². The lowest BCUT2D eigenvalue weighted by molar-refractivity contribution is 0.0754. The highest BCUT2D eigenvalue weighted by molar-refractivity contribution is 5.91. The van der Waals surface area contributed by atoms with Gasteiger partial charge in [-0.2, -0.15) is 0 Å². The zero-order chi connectivity index (χ0) is 18.7. The highest BCUT2D eigenvalue weighted by Gasteiger charge is 2.17. The van der Waals surface area contributed by atoms with Crippen LogP contribution in [0.2, 0.25) is 0 Å². The lowest BCUT2D eigenvalue weighted by Gasteiger charge is -2.16. The zero-order valence-electron chi connectivity index (χ0n) is 14.3. The van der Waals surface area contributed by atoms with Gasteiger partial charge in [0.25, 0.3) is 5.91 Å². The number of hydrogen-bond acceptors (Lipinski definition) is 3. The van der Waals surface area contributed by atoms with Gasteiger partial charge < -0.3 is 14.1 Å². The highest BCUT2D eigenvalue weighted by atomic mass is 19.1. The predicted molar refractivity (Wildman–Crippen MR) is 92.9 cm³/mol. The summed E-state index contributed by atoms with van der Waals surface area (Å²) in [5.74, 6) is -0.393. The molecule has 0 atom stereocenters. The summed E-state index contributed by atoms with van der Waals surface area (Å²) in [5, 5.41) is 0. The normalized spacial score (nSPS) is 10.6. The molecule has 0 spiro atoms. The van der Waals surface area contributed by atoms with Gasteiger partial charge in [-0.3, -0.25) is 4.79 Å². The van der Waals surface area contributed by atoms with Gasteiger partial charge in [0, 0.05) is 19.2 Å². The second kappa shape index (κ2) is 7.39. The van der Waals surface area contributed by atoms with Crippen LogP contribution >= 0.6 is 0 Å². The van der Waals surface area contributed by atoms with E-state index in [1.807, 2.05) is 0 Å². The van der Waals surface area contributed by atoms with Crippen LogP contribution < -0.4 is 4.74 Å². The van der Waals surface area contributed by atoms with E-state index in [4.69, 9.17) is 9.15 Å². The van der Waals surface area contributed by atoms with Gasteiger partial charge in [0.05, 0.1) is 7.11 Å². The number of furan rings is 1. The summed E-state index contributed by atoms with van der Waals surface area (Å²) in [6.45, 7) is 0.215. The summed E-state index contributed by atoms with van der Waals surface area (Å²) >= 11 is 0. The molecule has 0 aliphatic heterocycles. The monoisotopic (exact) mass is 357 g/mol. The second-order valence-electron chi connectivity index (χ2n) is 5.80. The molecule has 0 saturated heterocycles. The molecule has 0 aliphatic carbocycles. The molecule has 26 heavy (non-hydrogen) atoms. The first-order valence-corrected chi connectivity index (χ1v) is 7.91. The minimum absolute atomic E-state index is 0.151. The minimum atomic E-state index is -0.484. The van der Waals surface area contributed by atoms with Gasteiger partial charge >= 0.3 is 0 Å². The molecular weight excluding hydrogens is 340 g/mol. The van der Waals surface area contributed by atoms with Crippen LogP contribution in [0.15, 0.2) is 59.0 Å². The molecule has 0 radical (unpaired) electrons. The van der Waals surface area contributed by atoms with E-state index >= 15 is 0 Å². The number of hydrogen-bond donors (Lipinski definition) is 0. The van der Waals surface area contributed by atoms with Gasteiger partial charge in [-0.25, -0.2) is 8.78 Å². The number of ether oxygens (including phenoxy) is 1. The first kappa shape index (κ1) is 17.7. The standard InChI is InChI=1S/C20H17F2NO3/c1-23(12-13-3-8-18(25-2)16(22)11-13)20(24)19-10-9-17(26-19)14-4-6-15(21)7-5-14/h3-11H,12H2,1-2H3. The fraction of sp³-hybridized carbons (Fsp3) is 0.150. The van der Waals surface area contributed by atoms with Gasteiger partial charge in [-0.05, 0) is 54.1 Å². The second-order valence-corrected chi connectivity index (χ2v) is 5.80. The molecule has 3 aromatic rings. The van der Waals surface area contributed by atoms with Crippen LogP contribution in [-0.4, -0.2) is 25.0 Å². The van der Waals surface area contributed by atoms with Gasteiger partial charge in [0.1, 0.15) is 11.6 Å². The van der Waals surface area contributed by atoms with Crippen LogP contribution in [0.3, 0.4) is 0 Å². The molecule has 134 valence electrons. The Morgan fingerprint density at radius 3 is 2.46 bits per heavy atom. The van der Waals surface area contributed by atoms with E-state index in [-0.39, 0.29) is 29.8 Å². The molecule has 2 aromatic carbocycles. The Morgan fingerprint density at radius 2 is 1.81 bits per heavy atom. The van der Waals surface area contributed by atoms with Crippen LogP contribution in [0.1, 0.15) is 16.1 Å². The first-order valence-electron chi connectivity index (χ1n) is 7.91. The summed E-state index contributed by atoms with van der Waals surface area (Å²) in [4.78, 5) is 13.9. The lowest BCUT2D eigenvalue weighted by atomic mass is 10.2. The maximum Gasteiger partial charge on any atom is 0.289 e. The van der Waals surface area contributed by atoms with Crippen LogP contribution in [0.25, 0.3) is 11.3 Å². The van der Waals surface area contributed by atoms with Gasteiger partial charge in [-0.15, -0.1) is 0 Å². The van der Waals surface area contributed by atoms with E-state index in [1.54, 1.807) is 37.4 Å². The SMILES string of the molecule is COc1ccc(CN(C)C(=O)c2ccc(-c3ccc(F)cc3)o2)cc1F. The maximum absolute atomic E-state index is 13.8. The molecule has 1 heterocycles. The van der Waals surface area contributed by atoms with Crippen molar-refractivity contribution in [1.82, 2.24) is 4.90 Å². The average molecular weight is 357 g/mol. The fourth-order valence-electron chi connectivity index (χ4n) is 2.56. The fourth-order valence-corrected chi connectivity index (χ4v) is 2.56. The third-order valence-electron chi connectivity index (χ3n) is 3.93.